The van der Waals surface area contributed by atoms with Gasteiger partial charge in [-0.2, -0.15) is 0 Å². The molecule has 1 aromatic rings. The van der Waals surface area contributed by atoms with Crippen LogP contribution in [0.4, 0.5) is 0 Å². The summed E-state index contributed by atoms with van der Waals surface area (Å²) in [5.41, 5.74) is 12.6. The Hall–Kier alpha value is -1.30. The highest BCUT2D eigenvalue weighted by Gasteiger charge is 1.96. The minimum atomic E-state index is 0.184. The fraction of sp³-hybridized carbons (Fsp3) is 0.0909. The van der Waals surface area contributed by atoms with Crippen LogP contribution in [-0.2, 0) is 6.54 Å². The van der Waals surface area contributed by atoms with E-state index < -0.39 is 0 Å². The molecule has 0 fully saturated rings. The van der Waals surface area contributed by atoms with Crippen LogP contribution in [0, 0.1) is 0 Å². The molecule has 0 aromatic heterocycles. The maximum Gasteiger partial charge on any atom is 0.101 e. The Kier molecular flexibility index (Phi) is 5.76. The average Bonchev–Trinajstić information content (AvgIpc) is 2.34. The number of halogens is 1. The van der Waals surface area contributed by atoms with Crippen molar-refractivity contribution in [2.75, 3.05) is 0 Å². The normalized spacial score (nSPS) is 12.6. The molecule has 1 aromatic carbocycles. The zero-order valence-electron chi connectivity index (χ0n) is 9.19. The highest BCUT2D eigenvalue weighted by Crippen LogP contribution is 2.12. The summed E-state index contributed by atoms with van der Waals surface area (Å²) >= 11 is 6.78. The van der Waals surface area contributed by atoms with Crippen LogP contribution in [0.3, 0.4) is 0 Å². The van der Waals surface area contributed by atoms with Crippen LogP contribution in [-0.4, -0.2) is 0 Å². The smallest absolute Gasteiger partial charge is 0.101 e. The summed E-state index contributed by atoms with van der Waals surface area (Å²) < 4.78 is 0. The molecule has 0 amide bonds. The molecule has 0 bridgehead atoms. The Bertz CT molecular complexity index is 410. The van der Waals surface area contributed by atoms with E-state index in [0.717, 1.165) is 10.5 Å². The van der Waals surface area contributed by atoms with E-state index in [4.69, 9.17) is 28.2 Å². The van der Waals surface area contributed by atoms with E-state index in [1.165, 1.54) is 18.1 Å². The number of allylic oxidation sites excluding steroid dienone is 1. The van der Waals surface area contributed by atoms with Crippen LogP contribution in [0.15, 0.2) is 52.3 Å². The van der Waals surface area contributed by atoms with Crippen LogP contribution < -0.4 is 21.9 Å². The summed E-state index contributed by atoms with van der Waals surface area (Å²) in [5, 5.41) is 8.73. The summed E-state index contributed by atoms with van der Waals surface area (Å²) in [5.74, 6) is 0. The lowest BCUT2D eigenvalue weighted by Gasteiger charge is -2.07. The van der Waals surface area contributed by atoms with Gasteiger partial charge in [0.1, 0.15) is 5.16 Å². The van der Waals surface area contributed by atoms with E-state index in [1.807, 2.05) is 24.3 Å². The third kappa shape index (κ3) is 5.04. The minimum Gasteiger partial charge on any atom is -0.403 e. The molecule has 6 heteroatoms. The number of benzene rings is 1. The van der Waals surface area contributed by atoms with Gasteiger partial charge in [-0.15, -0.1) is 0 Å². The van der Waals surface area contributed by atoms with Gasteiger partial charge in [0, 0.05) is 17.6 Å². The van der Waals surface area contributed by atoms with Crippen LogP contribution in [0.5, 0.6) is 0 Å². The third-order valence-corrected chi connectivity index (χ3v) is 2.68. The van der Waals surface area contributed by atoms with Gasteiger partial charge in [-0.25, -0.2) is 0 Å². The monoisotopic (exact) mass is 270 g/mol. The third-order valence-electron chi connectivity index (χ3n) is 2.03. The van der Waals surface area contributed by atoms with Crippen molar-refractivity contribution in [3.63, 3.8) is 0 Å². The van der Waals surface area contributed by atoms with E-state index in [2.05, 4.69) is 5.32 Å². The molecule has 0 heterocycles. The van der Waals surface area contributed by atoms with Crippen molar-refractivity contribution in [1.29, 1.82) is 0 Å². The lowest BCUT2D eigenvalue weighted by Crippen LogP contribution is -2.13. The molecule has 0 aliphatic heterocycles. The van der Waals surface area contributed by atoms with Crippen molar-refractivity contribution in [2.45, 2.75) is 11.4 Å². The van der Waals surface area contributed by atoms with Gasteiger partial charge in [0.25, 0.3) is 0 Å². The first kappa shape index (κ1) is 13.8. The molecule has 0 radical (unpaired) electrons. The van der Waals surface area contributed by atoms with Gasteiger partial charge in [-0.3, -0.25) is 5.14 Å². The van der Waals surface area contributed by atoms with Crippen molar-refractivity contribution in [3.05, 3.63) is 53.0 Å². The molecule has 0 saturated carbocycles. The molecule has 0 aliphatic carbocycles. The quantitative estimate of drug-likeness (QED) is 0.371. The first-order valence-corrected chi connectivity index (χ1v) is 6.15. The number of hydrogen-bond donors (Lipinski definition) is 4. The van der Waals surface area contributed by atoms with Crippen molar-refractivity contribution >= 4 is 23.5 Å². The number of nitrogens with one attached hydrogen (secondary N) is 1. The molecule has 1 rings (SSSR count). The molecule has 7 N–H and O–H groups in total. The zero-order valence-corrected chi connectivity index (χ0v) is 10.8. The second kappa shape index (κ2) is 7.11. The molecule has 0 unspecified atom stereocenters. The summed E-state index contributed by atoms with van der Waals surface area (Å²) in [6.45, 7) is 0.638. The van der Waals surface area contributed by atoms with Crippen molar-refractivity contribution in [3.8, 4) is 0 Å². The van der Waals surface area contributed by atoms with E-state index >= 15 is 0 Å². The topological polar surface area (TPSA) is 90.1 Å². The maximum absolute atomic E-state index is 5.56. The second-order valence-electron chi connectivity index (χ2n) is 3.27. The van der Waals surface area contributed by atoms with Crippen LogP contribution in [0.1, 0.15) is 5.56 Å². The number of rotatable bonds is 5. The Morgan fingerprint density at radius 3 is 2.47 bits per heavy atom. The molecule has 0 aliphatic rings. The number of nitrogens with two attached hydrogens (primary N) is 3. The summed E-state index contributed by atoms with van der Waals surface area (Å²) in [6.07, 6.45) is 2.98. The zero-order chi connectivity index (χ0) is 12.7. The first-order valence-electron chi connectivity index (χ1n) is 4.90. The molecule has 0 saturated heterocycles. The molecule has 0 spiro atoms. The SMILES string of the molecule is N/C=C(\C=C(/N)Cl)NCc1ccc(SN)cc1. The molecule has 17 heavy (non-hydrogen) atoms. The van der Waals surface area contributed by atoms with Crippen molar-refractivity contribution in [2.24, 2.45) is 16.6 Å². The highest BCUT2D eigenvalue weighted by molar-refractivity contribution is 7.97. The summed E-state index contributed by atoms with van der Waals surface area (Å²) in [6, 6.07) is 7.90. The standard InChI is InChI=1S/C11H15ClN4S/c12-11(14)5-9(6-13)16-7-8-1-3-10(17-15)4-2-8/h1-6,16H,7,13-15H2/b9-6+,11-5-. The fourth-order valence-corrected chi connectivity index (χ4v) is 1.61. The van der Waals surface area contributed by atoms with Crippen molar-refractivity contribution < 1.29 is 0 Å². The average molecular weight is 271 g/mol. The summed E-state index contributed by atoms with van der Waals surface area (Å²) in [7, 11) is 0. The predicted octanol–water partition coefficient (Wildman–Crippen LogP) is 1.58. The number of hydrogen-bond acceptors (Lipinski definition) is 5. The Morgan fingerprint density at radius 2 is 2.00 bits per heavy atom. The van der Waals surface area contributed by atoms with Crippen LogP contribution in [0.25, 0.3) is 0 Å². The minimum absolute atomic E-state index is 0.184. The molecular formula is C11H15ClN4S. The second-order valence-corrected chi connectivity index (χ2v) is 4.41. The lowest BCUT2D eigenvalue weighted by atomic mass is 10.2. The van der Waals surface area contributed by atoms with Gasteiger partial charge in [0.15, 0.2) is 0 Å². The van der Waals surface area contributed by atoms with Gasteiger partial charge < -0.3 is 16.8 Å². The molecular weight excluding hydrogens is 256 g/mol. The molecule has 0 atom stereocenters. The van der Waals surface area contributed by atoms with E-state index in [0.29, 0.717) is 12.2 Å². The van der Waals surface area contributed by atoms with Gasteiger partial charge in [-0.05, 0) is 35.7 Å². The lowest BCUT2D eigenvalue weighted by molar-refractivity contribution is 0.828. The van der Waals surface area contributed by atoms with E-state index in [9.17, 15) is 0 Å². The van der Waals surface area contributed by atoms with Gasteiger partial charge in [-0.1, -0.05) is 23.7 Å². The fourth-order valence-electron chi connectivity index (χ4n) is 1.20. The molecule has 92 valence electrons. The predicted molar refractivity (Wildman–Crippen MR) is 73.7 cm³/mol. The van der Waals surface area contributed by atoms with E-state index in [1.54, 1.807) is 6.08 Å². The Labute approximate surface area is 110 Å². The first-order chi connectivity index (χ1) is 8.15. The summed E-state index contributed by atoms with van der Waals surface area (Å²) in [4.78, 5) is 1.02. The van der Waals surface area contributed by atoms with Crippen LogP contribution >= 0.6 is 23.5 Å². The molecule has 4 nitrogen and oxygen atoms in total. The maximum atomic E-state index is 5.56. The Balaban J connectivity index is 2.57. The largest absolute Gasteiger partial charge is 0.403 e. The van der Waals surface area contributed by atoms with Gasteiger partial charge >= 0.3 is 0 Å². The highest BCUT2D eigenvalue weighted by atomic mass is 35.5. The Morgan fingerprint density at radius 1 is 1.35 bits per heavy atom. The van der Waals surface area contributed by atoms with Gasteiger partial charge in [0.05, 0.1) is 5.70 Å². The van der Waals surface area contributed by atoms with Gasteiger partial charge in [0.2, 0.25) is 0 Å². The van der Waals surface area contributed by atoms with Crippen LogP contribution in [0.2, 0.25) is 0 Å². The van der Waals surface area contributed by atoms with E-state index in [-0.39, 0.29) is 5.16 Å². The van der Waals surface area contributed by atoms with Crippen molar-refractivity contribution in [1.82, 2.24) is 5.32 Å².